The first kappa shape index (κ1) is 10.5. The third-order valence-corrected chi connectivity index (χ3v) is 2.39. The van der Waals surface area contributed by atoms with E-state index in [1.807, 2.05) is 11.8 Å². The highest BCUT2D eigenvalue weighted by molar-refractivity contribution is 5.77. The van der Waals surface area contributed by atoms with Crippen LogP contribution in [0.25, 0.3) is 0 Å². The summed E-state index contributed by atoms with van der Waals surface area (Å²) in [6.07, 6.45) is 4.83. The molecule has 0 aromatic rings. The third-order valence-electron chi connectivity index (χ3n) is 2.39. The van der Waals surface area contributed by atoms with E-state index in [9.17, 15) is 4.79 Å². The summed E-state index contributed by atoms with van der Waals surface area (Å²) in [4.78, 5) is 13.4. The second kappa shape index (κ2) is 5.97. The Labute approximate surface area is 80.1 Å². The van der Waals surface area contributed by atoms with Crippen LogP contribution >= 0.6 is 0 Å². The molecule has 13 heavy (non-hydrogen) atoms. The van der Waals surface area contributed by atoms with Gasteiger partial charge in [-0.15, -0.1) is 0 Å². The molecule has 0 radical (unpaired) electrons. The van der Waals surface area contributed by atoms with Crippen LogP contribution < -0.4 is 0 Å². The number of rotatable bonds is 3. The predicted octanol–water partition coefficient (Wildman–Crippen LogP) is 1.43. The topological polar surface area (TPSA) is 29.5 Å². The Morgan fingerprint density at radius 3 is 2.38 bits per heavy atom. The van der Waals surface area contributed by atoms with Gasteiger partial charge < -0.3 is 9.64 Å². The molecule has 0 aliphatic carbocycles. The van der Waals surface area contributed by atoms with E-state index < -0.39 is 0 Å². The van der Waals surface area contributed by atoms with Gasteiger partial charge in [-0.1, -0.05) is 12.8 Å². The van der Waals surface area contributed by atoms with Gasteiger partial charge in [-0.3, -0.25) is 4.79 Å². The highest BCUT2D eigenvalue weighted by atomic mass is 16.5. The summed E-state index contributed by atoms with van der Waals surface area (Å²) < 4.78 is 5.10. The molecule has 0 bridgehead atoms. The zero-order chi connectivity index (χ0) is 9.52. The van der Waals surface area contributed by atoms with Crippen molar-refractivity contribution in [2.75, 3.05) is 26.3 Å². The monoisotopic (exact) mass is 185 g/mol. The minimum absolute atomic E-state index is 0.156. The van der Waals surface area contributed by atoms with Gasteiger partial charge in [-0.05, 0) is 19.8 Å². The van der Waals surface area contributed by atoms with Gasteiger partial charge in [-0.25, -0.2) is 0 Å². The first-order chi connectivity index (χ1) is 6.34. The van der Waals surface area contributed by atoms with Crippen LogP contribution in [0.1, 0.15) is 32.6 Å². The number of amides is 1. The lowest BCUT2D eigenvalue weighted by molar-refractivity contribution is -0.135. The lowest BCUT2D eigenvalue weighted by Gasteiger charge is -2.19. The van der Waals surface area contributed by atoms with E-state index in [0.717, 1.165) is 25.9 Å². The van der Waals surface area contributed by atoms with Crippen LogP contribution in [0.3, 0.4) is 0 Å². The number of ether oxygens (including phenoxy) is 1. The number of nitrogens with zero attached hydrogens (tertiary/aromatic N) is 1. The maximum absolute atomic E-state index is 11.5. The summed E-state index contributed by atoms with van der Waals surface area (Å²) in [6, 6.07) is 0. The van der Waals surface area contributed by atoms with Crippen molar-refractivity contribution in [3.63, 3.8) is 0 Å². The average molecular weight is 185 g/mol. The predicted molar refractivity (Wildman–Crippen MR) is 51.5 cm³/mol. The van der Waals surface area contributed by atoms with Crippen LogP contribution in [0.15, 0.2) is 0 Å². The molecule has 1 aliphatic rings. The molecule has 0 spiro atoms. The van der Waals surface area contributed by atoms with Crippen LogP contribution in [-0.2, 0) is 9.53 Å². The number of hydrogen-bond acceptors (Lipinski definition) is 2. The molecule has 1 heterocycles. The largest absolute Gasteiger partial charge is 0.372 e. The van der Waals surface area contributed by atoms with Gasteiger partial charge in [0.1, 0.15) is 6.61 Å². The Balaban J connectivity index is 2.26. The summed E-state index contributed by atoms with van der Waals surface area (Å²) in [5.41, 5.74) is 0. The Kier molecular flexibility index (Phi) is 4.83. The Morgan fingerprint density at radius 2 is 1.85 bits per heavy atom. The Hall–Kier alpha value is -0.570. The maximum Gasteiger partial charge on any atom is 0.248 e. The van der Waals surface area contributed by atoms with E-state index in [1.54, 1.807) is 0 Å². The Bertz CT molecular complexity index is 151. The number of carbonyl (C=O) groups is 1. The van der Waals surface area contributed by atoms with Crippen molar-refractivity contribution in [3.05, 3.63) is 0 Å². The van der Waals surface area contributed by atoms with Crippen molar-refractivity contribution < 1.29 is 9.53 Å². The lowest BCUT2D eigenvalue weighted by Crippen LogP contribution is -2.34. The van der Waals surface area contributed by atoms with E-state index in [4.69, 9.17) is 4.74 Å². The van der Waals surface area contributed by atoms with Crippen LogP contribution in [0.2, 0.25) is 0 Å². The van der Waals surface area contributed by atoms with Crippen molar-refractivity contribution in [3.8, 4) is 0 Å². The number of likely N-dealkylation sites (tertiary alicyclic amines) is 1. The van der Waals surface area contributed by atoms with Crippen molar-refractivity contribution in [2.45, 2.75) is 32.6 Å². The molecule has 3 nitrogen and oxygen atoms in total. The van der Waals surface area contributed by atoms with Crippen molar-refractivity contribution in [1.82, 2.24) is 4.90 Å². The summed E-state index contributed by atoms with van der Waals surface area (Å²) in [5, 5.41) is 0. The SMILES string of the molecule is CCOCC(=O)N1CCCCCC1. The molecule has 0 N–H and O–H groups in total. The fourth-order valence-corrected chi connectivity index (χ4v) is 1.60. The number of carbonyl (C=O) groups excluding carboxylic acids is 1. The molecule has 1 saturated heterocycles. The molecule has 76 valence electrons. The van der Waals surface area contributed by atoms with Gasteiger partial charge >= 0.3 is 0 Å². The summed E-state index contributed by atoms with van der Waals surface area (Å²) >= 11 is 0. The Morgan fingerprint density at radius 1 is 1.23 bits per heavy atom. The molecule has 1 amide bonds. The quantitative estimate of drug-likeness (QED) is 0.665. The van der Waals surface area contributed by atoms with Gasteiger partial charge in [0.05, 0.1) is 0 Å². The standard InChI is InChI=1S/C10H19NO2/c1-2-13-9-10(12)11-7-5-3-4-6-8-11/h2-9H2,1H3. The average Bonchev–Trinajstić information content (AvgIpc) is 2.42. The smallest absolute Gasteiger partial charge is 0.248 e. The second-order valence-electron chi connectivity index (χ2n) is 3.43. The van der Waals surface area contributed by atoms with Crippen LogP contribution in [0.4, 0.5) is 0 Å². The second-order valence-corrected chi connectivity index (χ2v) is 3.43. The van der Waals surface area contributed by atoms with E-state index >= 15 is 0 Å². The van der Waals surface area contributed by atoms with Gasteiger partial charge in [0.15, 0.2) is 0 Å². The summed E-state index contributed by atoms with van der Waals surface area (Å²) in [5.74, 6) is 0.156. The van der Waals surface area contributed by atoms with Gasteiger partial charge in [0, 0.05) is 19.7 Å². The maximum atomic E-state index is 11.5. The van der Waals surface area contributed by atoms with E-state index in [2.05, 4.69) is 0 Å². The van der Waals surface area contributed by atoms with Crippen LogP contribution in [0, 0.1) is 0 Å². The normalized spacial score (nSPS) is 18.4. The fourth-order valence-electron chi connectivity index (χ4n) is 1.60. The van der Waals surface area contributed by atoms with Crippen molar-refractivity contribution in [2.24, 2.45) is 0 Å². The zero-order valence-corrected chi connectivity index (χ0v) is 8.42. The minimum atomic E-state index is 0.156. The van der Waals surface area contributed by atoms with Gasteiger partial charge in [0.25, 0.3) is 0 Å². The molecule has 3 heteroatoms. The molecule has 0 saturated carbocycles. The molecule has 1 fully saturated rings. The summed E-state index contributed by atoms with van der Waals surface area (Å²) in [7, 11) is 0. The lowest BCUT2D eigenvalue weighted by atomic mass is 10.2. The fraction of sp³-hybridized carbons (Fsp3) is 0.900. The van der Waals surface area contributed by atoms with E-state index in [-0.39, 0.29) is 12.5 Å². The van der Waals surface area contributed by atoms with Gasteiger partial charge in [-0.2, -0.15) is 0 Å². The van der Waals surface area contributed by atoms with E-state index in [1.165, 1.54) is 12.8 Å². The van der Waals surface area contributed by atoms with Crippen molar-refractivity contribution >= 4 is 5.91 Å². The minimum Gasteiger partial charge on any atom is -0.372 e. The number of hydrogen-bond donors (Lipinski definition) is 0. The molecule has 0 unspecified atom stereocenters. The molecular formula is C10H19NO2. The molecule has 0 aromatic heterocycles. The third kappa shape index (κ3) is 3.77. The summed E-state index contributed by atoms with van der Waals surface area (Å²) in [6.45, 7) is 4.64. The molecular weight excluding hydrogens is 166 g/mol. The van der Waals surface area contributed by atoms with Gasteiger partial charge in [0.2, 0.25) is 5.91 Å². The highest BCUT2D eigenvalue weighted by Gasteiger charge is 2.14. The zero-order valence-electron chi connectivity index (χ0n) is 8.42. The first-order valence-corrected chi connectivity index (χ1v) is 5.20. The molecule has 1 aliphatic heterocycles. The highest BCUT2D eigenvalue weighted by Crippen LogP contribution is 2.09. The molecule has 0 aromatic carbocycles. The van der Waals surface area contributed by atoms with E-state index in [0.29, 0.717) is 6.61 Å². The van der Waals surface area contributed by atoms with Crippen molar-refractivity contribution in [1.29, 1.82) is 0 Å². The molecule has 1 rings (SSSR count). The molecule has 0 atom stereocenters. The van der Waals surface area contributed by atoms with Crippen LogP contribution in [-0.4, -0.2) is 37.1 Å². The first-order valence-electron chi connectivity index (χ1n) is 5.20. The van der Waals surface area contributed by atoms with Crippen LogP contribution in [0.5, 0.6) is 0 Å².